The van der Waals surface area contributed by atoms with Gasteiger partial charge in [-0.2, -0.15) is 0 Å². The van der Waals surface area contributed by atoms with Gasteiger partial charge in [-0.3, -0.25) is 0 Å². The van der Waals surface area contributed by atoms with E-state index in [0.29, 0.717) is 11.8 Å². The van der Waals surface area contributed by atoms with Crippen LogP contribution in [0.3, 0.4) is 0 Å². The number of benzene rings is 4. The van der Waals surface area contributed by atoms with Gasteiger partial charge in [0.05, 0.1) is 0 Å². The maximum Gasteiger partial charge on any atom is 0.227 e. The van der Waals surface area contributed by atoms with Crippen molar-refractivity contribution in [1.82, 2.24) is 9.97 Å². The van der Waals surface area contributed by atoms with E-state index in [9.17, 15) is 0 Å². The zero-order chi connectivity index (χ0) is 22.4. The highest BCUT2D eigenvalue weighted by atomic mass is 79.9. The topological polar surface area (TPSA) is 52.1 Å². The summed E-state index contributed by atoms with van der Waals surface area (Å²) in [6, 6.07) is 28.2. The largest absolute Gasteiger partial charge is 0.436 e. The van der Waals surface area contributed by atoms with E-state index < -0.39 is 0 Å². The lowest BCUT2D eigenvalue weighted by Crippen LogP contribution is -1.88. The van der Waals surface area contributed by atoms with E-state index in [2.05, 4.69) is 56.1 Å². The summed E-state index contributed by atoms with van der Waals surface area (Å²) in [6.45, 7) is 0. The Morgan fingerprint density at radius 1 is 0.545 bits per heavy atom. The van der Waals surface area contributed by atoms with Gasteiger partial charge in [0.1, 0.15) is 11.0 Å². The van der Waals surface area contributed by atoms with Gasteiger partial charge >= 0.3 is 0 Å². The summed E-state index contributed by atoms with van der Waals surface area (Å²) < 4.78 is 14.0. The normalized spacial score (nSPS) is 11.5. The number of aromatic nitrogens is 2. The van der Waals surface area contributed by atoms with Crippen LogP contribution in [0.2, 0.25) is 0 Å². The molecule has 0 aliphatic heterocycles. The Kier molecular flexibility index (Phi) is 5.12. The van der Waals surface area contributed by atoms with E-state index >= 15 is 0 Å². The number of oxazole rings is 2. The van der Waals surface area contributed by atoms with Crippen molar-refractivity contribution in [2.45, 2.75) is 6.42 Å². The number of nitrogens with zero attached hydrogens (tertiary/aromatic N) is 2. The summed E-state index contributed by atoms with van der Waals surface area (Å²) in [5.41, 5.74) is 7.49. The minimum atomic E-state index is 0.624. The first kappa shape index (κ1) is 20.4. The molecule has 33 heavy (non-hydrogen) atoms. The van der Waals surface area contributed by atoms with E-state index in [1.165, 1.54) is 0 Å². The van der Waals surface area contributed by atoms with Crippen molar-refractivity contribution >= 4 is 54.1 Å². The van der Waals surface area contributed by atoms with Gasteiger partial charge in [0.15, 0.2) is 11.2 Å². The highest BCUT2D eigenvalue weighted by molar-refractivity contribution is 9.10. The van der Waals surface area contributed by atoms with E-state index in [1.54, 1.807) is 0 Å². The van der Waals surface area contributed by atoms with Gasteiger partial charge in [-0.15, -0.1) is 0 Å². The molecule has 0 bridgehead atoms. The van der Waals surface area contributed by atoms with Crippen LogP contribution in [0.15, 0.2) is 103 Å². The number of fused-ring (bicyclic) bond motifs is 2. The zero-order valence-electron chi connectivity index (χ0n) is 17.3. The van der Waals surface area contributed by atoms with Crippen molar-refractivity contribution < 1.29 is 8.83 Å². The quantitative estimate of drug-likeness (QED) is 0.217. The molecule has 6 aromatic rings. The molecule has 0 saturated heterocycles. The Morgan fingerprint density at radius 3 is 1.39 bits per heavy atom. The minimum Gasteiger partial charge on any atom is -0.436 e. The van der Waals surface area contributed by atoms with Gasteiger partial charge in [-0.05, 0) is 90.3 Å². The van der Waals surface area contributed by atoms with Crippen LogP contribution in [0.1, 0.15) is 11.1 Å². The molecule has 6 rings (SSSR count). The maximum atomic E-state index is 5.96. The molecule has 0 spiro atoms. The van der Waals surface area contributed by atoms with Crippen LogP contribution in [-0.2, 0) is 6.42 Å². The van der Waals surface area contributed by atoms with Gasteiger partial charge < -0.3 is 8.83 Å². The molecule has 0 amide bonds. The predicted molar refractivity (Wildman–Crippen MR) is 137 cm³/mol. The van der Waals surface area contributed by atoms with Crippen LogP contribution < -0.4 is 0 Å². The lowest BCUT2D eigenvalue weighted by molar-refractivity contribution is 0.619. The molecular formula is C27H16Br2N2O2. The second kappa shape index (κ2) is 8.28. The van der Waals surface area contributed by atoms with Crippen LogP contribution in [0.25, 0.3) is 45.1 Å². The molecule has 0 atom stereocenters. The molecule has 4 aromatic carbocycles. The van der Waals surface area contributed by atoms with Crippen LogP contribution in [0.5, 0.6) is 0 Å². The van der Waals surface area contributed by atoms with Crippen molar-refractivity contribution in [2.24, 2.45) is 0 Å². The summed E-state index contributed by atoms with van der Waals surface area (Å²) in [5.74, 6) is 1.25. The van der Waals surface area contributed by atoms with Gasteiger partial charge in [0.2, 0.25) is 11.8 Å². The van der Waals surface area contributed by atoms with Gasteiger partial charge in [-0.25, -0.2) is 9.97 Å². The average Bonchev–Trinajstić information content (AvgIpc) is 3.44. The first-order valence-corrected chi connectivity index (χ1v) is 12.0. The fraction of sp³-hybridized carbons (Fsp3) is 0.0370. The monoisotopic (exact) mass is 558 g/mol. The van der Waals surface area contributed by atoms with Crippen LogP contribution >= 0.6 is 31.9 Å². The first-order valence-electron chi connectivity index (χ1n) is 10.4. The van der Waals surface area contributed by atoms with Crippen LogP contribution in [0.4, 0.5) is 0 Å². The second-order valence-electron chi connectivity index (χ2n) is 7.83. The fourth-order valence-electron chi connectivity index (χ4n) is 3.83. The molecule has 0 unspecified atom stereocenters. The number of hydrogen-bond donors (Lipinski definition) is 0. The third-order valence-corrected chi connectivity index (χ3v) is 6.55. The average molecular weight is 560 g/mol. The molecular weight excluding hydrogens is 544 g/mol. The summed E-state index contributed by atoms with van der Waals surface area (Å²) in [6.07, 6.45) is 0.771. The Hall–Kier alpha value is -3.22. The Bertz CT molecular complexity index is 1480. The van der Waals surface area contributed by atoms with E-state index in [4.69, 9.17) is 18.8 Å². The summed E-state index contributed by atoms with van der Waals surface area (Å²) >= 11 is 6.92. The molecule has 0 radical (unpaired) electrons. The Labute approximate surface area is 206 Å². The van der Waals surface area contributed by atoms with E-state index in [-0.39, 0.29) is 0 Å². The van der Waals surface area contributed by atoms with Gasteiger partial charge in [0, 0.05) is 20.1 Å². The van der Waals surface area contributed by atoms with Crippen molar-refractivity contribution in [1.29, 1.82) is 0 Å². The lowest BCUT2D eigenvalue weighted by Gasteiger charge is -2.01. The summed E-state index contributed by atoms with van der Waals surface area (Å²) in [4.78, 5) is 9.39. The molecule has 4 nitrogen and oxygen atoms in total. The highest BCUT2D eigenvalue weighted by Gasteiger charge is 2.11. The third kappa shape index (κ3) is 4.12. The van der Waals surface area contributed by atoms with Crippen LogP contribution in [-0.4, -0.2) is 9.97 Å². The molecule has 2 heterocycles. The number of hydrogen-bond acceptors (Lipinski definition) is 4. The molecule has 0 fully saturated rings. The van der Waals surface area contributed by atoms with E-state index in [0.717, 1.165) is 59.8 Å². The predicted octanol–water partition coefficient (Wildman–Crippen LogP) is 8.42. The fourth-order valence-corrected chi connectivity index (χ4v) is 4.36. The summed E-state index contributed by atoms with van der Waals surface area (Å²) in [7, 11) is 0. The van der Waals surface area contributed by atoms with Crippen molar-refractivity contribution in [3.8, 4) is 22.9 Å². The summed E-state index contributed by atoms with van der Waals surface area (Å²) in [5, 5.41) is 0. The number of rotatable bonds is 4. The molecule has 0 aliphatic carbocycles. The SMILES string of the molecule is Brc1ccc(-c2nc3cc(Cc4ccc5oc(-c6ccc(Br)cc6)nc5c4)ccc3o2)cc1. The van der Waals surface area contributed by atoms with Crippen molar-refractivity contribution in [3.63, 3.8) is 0 Å². The molecule has 0 N–H and O–H groups in total. The van der Waals surface area contributed by atoms with Crippen molar-refractivity contribution in [3.05, 3.63) is 105 Å². The van der Waals surface area contributed by atoms with E-state index in [1.807, 2.05) is 60.7 Å². The van der Waals surface area contributed by atoms with Gasteiger partial charge in [-0.1, -0.05) is 44.0 Å². The second-order valence-corrected chi connectivity index (χ2v) is 9.66. The van der Waals surface area contributed by atoms with Gasteiger partial charge in [0.25, 0.3) is 0 Å². The molecule has 0 saturated carbocycles. The molecule has 0 aliphatic rings. The van der Waals surface area contributed by atoms with Crippen molar-refractivity contribution in [2.75, 3.05) is 0 Å². The minimum absolute atomic E-state index is 0.624. The zero-order valence-corrected chi connectivity index (χ0v) is 20.4. The first-order chi connectivity index (χ1) is 16.1. The Balaban J connectivity index is 1.28. The molecule has 6 heteroatoms. The molecule has 160 valence electrons. The van der Waals surface area contributed by atoms with Crippen LogP contribution in [0, 0.1) is 0 Å². The highest BCUT2D eigenvalue weighted by Crippen LogP contribution is 2.29. The standard InChI is InChI=1S/C27H16Br2N2O2/c28-20-7-3-18(4-8-20)26-30-22-14-16(1-11-24(22)32-26)13-17-2-12-25-23(15-17)31-27(33-25)19-5-9-21(29)10-6-19/h1-12,14-15H,13H2. The maximum absolute atomic E-state index is 5.96. The molecule has 2 aromatic heterocycles. The third-order valence-electron chi connectivity index (χ3n) is 5.49. The lowest BCUT2D eigenvalue weighted by atomic mass is 10.0. The smallest absolute Gasteiger partial charge is 0.227 e. The Morgan fingerprint density at radius 2 is 0.970 bits per heavy atom. The number of halogens is 2.